The number of carbonyl (C=O) groups excluding carboxylic acids is 1. The highest BCUT2D eigenvalue weighted by Gasteiger charge is 2.42. The Kier molecular flexibility index (Phi) is 7.18. The number of anilines is 2. The van der Waals surface area contributed by atoms with Crippen molar-refractivity contribution in [2.75, 3.05) is 23.9 Å². The van der Waals surface area contributed by atoms with Crippen molar-refractivity contribution >= 4 is 46.2 Å². The fourth-order valence-corrected chi connectivity index (χ4v) is 5.20. The number of hydrogen-bond acceptors (Lipinski definition) is 5. The number of pyridine rings is 2. The van der Waals surface area contributed by atoms with Gasteiger partial charge in [0.05, 0.1) is 34.3 Å². The average molecular weight is 533 g/mol. The lowest BCUT2D eigenvalue weighted by Crippen LogP contribution is -2.30. The zero-order valence-corrected chi connectivity index (χ0v) is 21.8. The quantitative estimate of drug-likeness (QED) is 0.324. The zero-order valence-electron chi connectivity index (χ0n) is 20.3. The molecule has 0 bridgehead atoms. The molecule has 1 fully saturated rings. The van der Waals surface area contributed by atoms with Gasteiger partial charge in [-0.05, 0) is 73.7 Å². The Morgan fingerprint density at radius 3 is 2.70 bits per heavy atom. The van der Waals surface area contributed by atoms with Crippen LogP contribution in [0.25, 0.3) is 5.69 Å². The Hall–Kier alpha value is -3.79. The lowest BCUT2D eigenvalue weighted by Gasteiger charge is -2.29. The number of thiocarbonyl (C=S) groups is 1. The summed E-state index contributed by atoms with van der Waals surface area (Å²) >= 11 is 12.5. The molecule has 1 amide bonds. The SMILES string of the molecule is COCC(=O)Nc1ccc(N2C(=S)N[C@H](c3ccccn3)[C@H]2c2ccc(C)n2-c2cccnc2)cc1Cl. The Balaban J connectivity index is 1.61. The summed E-state index contributed by atoms with van der Waals surface area (Å²) in [6.45, 7) is 2.00. The summed E-state index contributed by atoms with van der Waals surface area (Å²) in [4.78, 5) is 23.0. The first-order valence-corrected chi connectivity index (χ1v) is 12.4. The van der Waals surface area contributed by atoms with Crippen LogP contribution in [0.15, 0.2) is 79.3 Å². The average Bonchev–Trinajstić information content (AvgIpc) is 3.45. The fourth-order valence-electron chi connectivity index (χ4n) is 4.63. The van der Waals surface area contributed by atoms with Crippen LogP contribution in [0.4, 0.5) is 11.4 Å². The highest BCUT2D eigenvalue weighted by molar-refractivity contribution is 7.80. The Bertz CT molecular complexity index is 1430. The molecule has 37 heavy (non-hydrogen) atoms. The molecular weight excluding hydrogens is 508 g/mol. The first-order chi connectivity index (χ1) is 18.0. The van der Waals surface area contributed by atoms with E-state index in [1.54, 1.807) is 24.5 Å². The molecule has 0 radical (unpaired) electrons. The minimum atomic E-state index is -0.284. The van der Waals surface area contributed by atoms with Crippen molar-refractivity contribution in [3.8, 4) is 5.69 Å². The van der Waals surface area contributed by atoms with E-state index in [2.05, 4.69) is 44.2 Å². The van der Waals surface area contributed by atoms with E-state index in [0.29, 0.717) is 15.8 Å². The summed E-state index contributed by atoms with van der Waals surface area (Å²) in [6.07, 6.45) is 5.37. The van der Waals surface area contributed by atoms with Crippen LogP contribution in [-0.2, 0) is 9.53 Å². The number of hydrogen-bond donors (Lipinski definition) is 2. The van der Waals surface area contributed by atoms with Crippen LogP contribution in [0.3, 0.4) is 0 Å². The molecule has 4 heterocycles. The van der Waals surface area contributed by atoms with Crippen LogP contribution in [0.1, 0.15) is 29.2 Å². The molecule has 1 aromatic carbocycles. The second-order valence-electron chi connectivity index (χ2n) is 8.59. The van der Waals surface area contributed by atoms with Crippen molar-refractivity contribution in [1.82, 2.24) is 19.9 Å². The van der Waals surface area contributed by atoms with Gasteiger partial charge in [0.1, 0.15) is 12.6 Å². The molecule has 0 aliphatic carbocycles. The van der Waals surface area contributed by atoms with Gasteiger partial charge in [-0.3, -0.25) is 14.8 Å². The van der Waals surface area contributed by atoms with Crippen LogP contribution in [-0.4, -0.2) is 39.3 Å². The number of amides is 1. The molecule has 0 saturated carbocycles. The summed E-state index contributed by atoms with van der Waals surface area (Å²) in [5.74, 6) is -0.284. The minimum Gasteiger partial charge on any atom is -0.375 e. The van der Waals surface area contributed by atoms with Crippen molar-refractivity contribution in [3.63, 3.8) is 0 Å². The van der Waals surface area contributed by atoms with E-state index in [1.807, 2.05) is 47.5 Å². The van der Waals surface area contributed by atoms with Gasteiger partial charge in [0.15, 0.2) is 5.11 Å². The number of ether oxygens (including phenoxy) is 1. The summed E-state index contributed by atoms with van der Waals surface area (Å²) < 4.78 is 7.08. The molecule has 8 nitrogen and oxygen atoms in total. The van der Waals surface area contributed by atoms with E-state index >= 15 is 0 Å². The van der Waals surface area contributed by atoms with Crippen LogP contribution in [0, 0.1) is 6.92 Å². The van der Waals surface area contributed by atoms with E-state index in [1.165, 1.54) is 7.11 Å². The third-order valence-electron chi connectivity index (χ3n) is 6.19. The van der Waals surface area contributed by atoms with Crippen LogP contribution in [0.5, 0.6) is 0 Å². The lowest BCUT2D eigenvalue weighted by molar-refractivity contribution is -0.119. The van der Waals surface area contributed by atoms with E-state index in [-0.39, 0.29) is 24.6 Å². The molecule has 1 saturated heterocycles. The molecule has 1 aliphatic heterocycles. The van der Waals surface area contributed by atoms with E-state index in [0.717, 1.165) is 28.5 Å². The van der Waals surface area contributed by atoms with E-state index in [4.69, 9.17) is 28.6 Å². The van der Waals surface area contributed by atoms with Crippen LogP contribution < -0.4 is 15.5 Å². The first-order valence-electron chi connectivity index (χ1n) is 11.7. The smallest absolute Gasteiger partial charge is 0.250 e. The van der Waals surface area contributed by atoms with Gasteiger partial charge < -0.3 is 24.8 Å². The number of nitrogens with one attached hydrogen (secondary N) is 2. The van der Waals surface area contributed by atoms with Crippen molar-refractivity contribution in [2.24, 2.45) is 0 Å². The number of nitrogens with zero attached hydrogens (tertiary/aromatic N) is 4. The van der Waals surface area contributed by atoms with E-state index in [9.17, 15) is 4.79 Å². The predicted molar refractivity (Wildman–Crippen MR) is 148 cm³/mol. The highest BCUT2D eigenvalue weighted by atomic mass is 35.5. The van der Waals surface area contributed by atoms with Crippen molar-refractivity contribution in [2.45, 2.75) is 19.0 Å². The number of carbonyl (C=O) groups is 1. The minimum absolute atomic E-state index is 0.0588. The van der Waals surface area contributed by atoms with Crippen molar-refractivity contribution < 1.29 is 9.53 Å². The maximum atomic E-state index is 12.0. The molecule has 5 rings (SSSR count). The number of aryl methyl sites for hydroxylation is 1. The second kappa shape index (κ2) is 10.7. The third kappa shape index (κ3) is 4.93. The topological polar surface area (TPSA) is 84.3 Å². The normalized spacial score (nSPS) is 17.1. The largest absolute Gasteiger partial charge is 0.375 e. The maximum absolute atomic E-state index is 12.0. The summed E-state index contributed by atoms with van der Waals surface area (Å²) in [6, 6.07) is 19.0. The van der Waals surface area contributed by atoms with Crippen molar-refractivity contribution in [3.05, 3.63) is 101 Å². The van der Waals surface area contributed by atoms with Gasteiger partial charge in [-0.25, -0.2) is 0 Å². The summed E-state index contributed by atoms with van der Waals surface area (Å²) in [5.41, 5.74) is 5.18. The standard InChI is InChI=1S/C27H25ClN6O2S/c1-17-8-11-23(33(17)19-6-5-12-29-15-19)26-25(22-7-3-4-13-30-22)32-27(37)34(26)18-9-10-21(20(28)14-18)31-24(35)16-36-2/h3-15,25-26H,16H2,1-2H3,(H,31,35)(H,32,37)/t25-,26-/m1/s1. The van der Waals surface area contributed by atoms with Crippen molar-refractivity contribution in [1.29, 1.82) is 0 Å². The molecule has 10 heteroatoms. The Labute approximate surface area is 225 Å². The molecule has 1 aliphatic rings. The van der Waals surface area contributed by atoms with Gasteiger partial charge in [-0.1, -0.05) is 17.7 Å². The van der Waals surface area contributed by atoms with Gasteiger partial charge in [0, 0.05) is 36.6 Å². The second-order valence-corrected chi connectivity index (χ2v) is 9.38. The number of benzene rings is 1. The molecule has 3 aromatic heterocycles. The first kappa shape index (κ1) is 24.9. The molecule has 188 valence electrons. The summed E-state index contributed by atoms with van der Waals surface area (Å²) in [7, 11) is 1.47. The highest BCUT2D eigenvalue weighted by Crippen LogP contribution is 2.43. The number of halogens is 1. The third-order valence-corrected chi connectivity index (χ3v) is 6.82. The van der Waals surface area contributed by atoms with Gasteiger partial charge in [0.2, 0.25) is 5.91 Å². The van der Waals surface area contributed by atoms with E-state index < -0.39 is 0 Å². The van der Waals surface area contributed by atoms with Gasteiger partial charge in [0.25, 0.3) is 0 Å². The number of aromatic nitrogens is 3. The number of methoxy groups -OCH3 is 1. The summed E-state index contributed by atoms with van der Waals surface area (Å²) in [5, 5.41) is 7.18. The Morgan fingerprint density at radius 1 is 1.14 bits per heavy atom. The Morgan fingerprint density at radius 2 is 2.00 bits per heavy atom. The molecular formula is C27H25ClN6O2S. The molecule has 2 N–H and O–H groups in total. The van der Waals surface area contributed by atoms with Gasteiger partial charge in [-0.2, -0.15) is 0 Å². The fraction of sp³-hybridized carbons (Fsp3) is 0.185. The van der Waals surface area contributed by atoms with Crippen LogP contribution in [0.2, 0.25) is 5.02 Å². The molecule has 2 atom stereocenters. The van der Waals surface area contributed by atoms with Gasteiger partial charge >= 0.3 is 0 Å². The maximum Gasteiger partial charge on any atom is 0.250 e. The predicted octanol–water partition coefficient (Wildman–Crippen LogP) is 4.99. The van der Waals surface area contributed by atoms with Gasteiger partial charge in [-0.15, -0.1) is 0 Å². The van der Waals surface area contributed by atoms with Crippen LogP contribution >= 0.6 is 23.8 Å². The monoisotopic (exact) mass is 532 g/mol. The molecule has 0 unspecified atom stereocenters. The molecule has 4 aromatic rings. The lowest BCUT2D eigenvalue weighted by atomic mass is 10.0. The molecule has 0 spiro atoms. The number of rotatable bonds is 7. The zero-order chi connectivity index (χ0) is 25.9.